The van der Waals surface area contributed by atoms with Crippen molar-refractivity contribution in [3.05, 3.63) is 17.0 Å². The standard InChI is InChI=1S/C13H20ClN3/c1-10-15-11(14)9-12(16-10)17-7-4-5-13(2,3)6-8-17/h9H,4-8H2,1-3H3. The van der Waals surface area contributed by atoms with Gasteiger partial charge in [0.25, 0.3) is 0 Å². The van der Waals surface area contributed by atoms with Crippen LogP contribution in [-0.2, 0) is 0 Å². The first-order valence-corrected chi connectivity index (χ1v) is 6.60. The molecule has 0 atom stereocenters. The maximum absolute atomic E-state index is 5.99. The van der Waals surface area contributed by atoms with Gasteiger partial charge in [0.1, 0.15) is 16.8 Å². The lowest BCUT2D eigenvalue weighted by atomic mass is 9.85. The molecule has 0 spiro atoms. The summed E-state index contributed by atoms with van der Waals surface area (Å²) in [7, 11) is 0. The molecule has 0 saturated carbocycles. The molecule has 2 rings (SSSR count). The van der Waals surface area contributed by atoms with Crippen molar-refractivity contribution in [2.75, 3.05) is 18.0 Å². The van der Waals surface area contributed by atoms with E-state index in [9.17, 15) is 0 Å². The number of nitrogens with zero attached hydrogens (tertiary/aromatic N) is 3. The van der Waals surface area contributed by atoms with Gasteiger partial charge in [-0.15, -0.1) is 0 Å². The van der Waals surface area contributed by atoms with Crippen molar-refractivity contribution in [1.82, 2.24) is 9.97 Å². The van der Waals surface area contributed by atoms with E-state index in [4.69, 9.17) is 11.6 Å². The molecule has 3 nitrogen and oxygen atoms in total. The van der Waals surface area contributed by atoms with Crippen LogP contribution in [-0.4, -0.2) is 23.1 Å². The van der Waals surface area contributed by atoms with Crippen molar-refractivity contribution >= 4 is 17.4 Å². The molecular weight excluding hydrogens is 234 g/mol. The van der Waals surface area contributed by atoms with Crippen LogP contribution in [0.5, 0.6) is 0 Å². The van der Waals surface area contributed by atoms with Crippen LogP contribution < -0.4 is 4.90 Å². The Morgan fingerprint density at radius 1 is 1.24 bits per heavy atom. The van der Waals surface area contributed by atoms with Crippen LogP contribution in [0, 0.1) is 12.3 Å². The summed E-state index contributed by atoms with van der Waals surface area (Å²) in [5, 5.41) is 0.538. The maximum atomic E-state index is 5.99. The number of hydrogen-bond donors (Lipinski definition) is 0. The Kier molecular flexibility index (Phi) is 3.57. The van der Waals surface area contributed by atoms with Gasteiger partial charge in [0.2, 0.25) is 0 Å². The van der Waals surface area contributed by atoms with Crippen molar-refractivity contribution in [3.63, 3.8) is 0 Å². The van der Waals surface area contributed by atoms with Gasteiger partial charge >= 0.3 is 0 Å². The normalized spacial score (nSPS) is 20.1. The predicted octanol–water partition coefficient (Wildman–Crippen LogP) is 3.45. The number of aryl methyl sites for hydroxylation is 1. The highest BCUT2D eigenvalue weighted by molar-refractivity contribution is 6.29. The van der Waals surface area contributed by atoms with E-state index in [0.717, 1.165) is 24.7 Å². The van der Waals surface area contributed by atoms with Crippen LogP contribution in [0.15, 0.2) is 6.07 Å². The number of aromatic nitrogens is 2. The lowest BCUT2D eigenvalue weighted by Gasteiger charge is -2.24. The molecule has 0 amide bonds. The molecule has 0 radical (unpaired) electrons. The zero-order valence-electron chi connectivity index (χ0n) is 10.8. The van der Waals surface area contributed by atoms with Gasteiger partial charge in [-0.3, -0.25) is 0 Å². The largest absolute Gasteiger partial charge is 0.356 e. The second-order valence-electron chi connectivity index (χ2n) is 5.60. The van der Waals surface area contributed by atoms with Crippen LogP contribution >= 0.6 is 11.6 Å². The van der Waals surface area contributed by atoms with Gasteiger partial charge in [-0.05, 0) is 31.6 Å². The third-order valence-corrected chi connectivity index (χ3v) is 3.65. The molecular formula is C13H20ClN3. The molecule has 1 fully saturated rings. The fourth-order valence-electron chi connectivity index (χ4n) is 2.33. The summed E-state index contributed by atoms with van der Waals surface area (Å²) in [6.07, 6.45) is 3.70. The molecule has 1 aliphatic rings. The number of hydrogen-bond acceptors (Lipinski definition) is 3. The first-order chi connectivity index (χ1) is 7.96. The fraction of sp³-hybridized carbons (Fsp3) is 0.692. The van der Waals surface area contributed by atoms with E-state index in [-0.39, 0.29) is 0 Å². The van der Waals surface area contributed by atoms with Gasteiger partial charge < -0.3 is 4.90 Å². The Bertz CT molecular complexity index is 383. The molecule has 1 saturated heterocycles. The zero-order valence-corrected chi connectivity index (χ0v) is 11.6. The topological polar surface area (TPSA) is 29.0 Å². The molecule has 1 aromatic rings. The van der Waals surface area contributed by atoms with Crippen LogP contribution in [0.25, 0.3) is 0 Å². The SMILES string of the molecule is Cc1nc(Cl)cc(N2CCCC(C)(C)CC2)n1. The van der Waals surface area contributed by atoms with Gasteiger partial charge in [-0.25, -0.2) is 9.97 Å². The predicted molar refractivity (Wildman–Crippen MR) is 71.6 cm³/mol. The van der Waals surface area contributed by atoms with E-state index in [1.54, 1.807) is 0 Å². The van der Waals surface area contributed by atoms with E-state index in [0.29, 0.717) is 10.6 Å². The summed E-state index contributed by atoms with van der Waals surface area (Å²) in [5.41, 5.74) is 0.445. The number of rotatable bonds is 1. The van der Waals surface area contributed by atoms with Crippen molar-refractivity contribution in [1.29, 1.82) is 0 Å². The molecule has 17 heavy (non-hydrogen) atoms. The smallest absolute Gasteiger partial charge is 0.134 e. The van der Waals surface area contributed by atoms with Crippen molar-refractivity contribution in [2.24, 2.45) is 5.41 Å². The van der Waals surface area contributed by atoms with Crippen LogP contribution in [0.4, 0.5) is 5.82 Å². The molecule has 94 valence electrons. The van der Waals surface area contributed by atoms with Gasteiger partial charge in [0.15, 0.2) is 0 Å². The van der Waals surface area contributed by atoms with Gasteiger partial charge in [0.05, 0.1) is 0 Å². The summed E-state index contributed by atoms with van der Waals surface area (Å²) in [4.78, 5) is 10.9. The Morgan fingerprint density at radius 2 is 2.00 bits per heavy atom. The molecule has 1 aliphatic heterocycles. The third kappa shape index (κ3) is 3.32. The second-order valence-corrected chi connectivity index (χ2v) is 5.99. The van der Waals surface area contributed by atoms with E-state index in [2.05, 4.69) is 28.7 Å². The minimum absolute atomic E-state index is 0.445. The summed E-state index contributed by atoms with van der Waals surface area (Å²) < 4.78 is 0. The maximum Gasteiger partial charge on any atom is 0.134 e. The minimum Gasteiger partial charge on any atom is -0.356 e. The average Bonchev–Trinajstić information content (AvgIpc) is 2.38. The van der Waals surface area contributed by atoms with Crippen LogP contribution in [0.3, 0.4) is 0 Å². The van der Waals surface area contributed by atoms with Gasteiger partial charge in [-0.1, -0.05) is 25.4 Å². The Balaban J connectivity index is 2.17. The molecule has 4 heteroatoms. The summed E-state index contributed by atoms with van der Waals surface area (Å²) >= 11 is 5.99. The van der Waals surface area contributed by atoms with Crippen molar-refractivity contribution in [3.8, 4) is 0 Å². The van der Waals surface area contributed by atoms with Crippen molar-refractivity contribution in [2.45, 2.75) is 40.0 Å². The molecule has 0 bridgehead atoms. The highest BCUT2D eigenvalue weighted by atomic mass is 35.5. The first kappa shape index (κ1) is 12.6. The summed E-state index contributed by atoms with van der Waals surface area (Å²) in [6.45, 7) is 8.69. The highest BCUT2D eigenvalue weighted by Crippen LogP contribution is 2.31. The van der Waals surface area contributed by atoms with Gasteiger partial charge in [0, 0.05) is 19.2 Å². The zero-order chi connectivity index (χ0) is 12.5. The molecule has 1 aromatic heterocycles. The fourth-order valence-corrected chi connectivity index (χ4v) is 2.55. The third-order valence-electron chi connectivity index (χ3n) is 3.46. The van der Waals surface area contributed by atoms with E-state index in [1.165, 1.54) is 19.3 Å². The van der Waals surface area contributed by atoms with E-state index >= 15 is 0 Å². The minimum atomic E-state index is 0.445. The van der Waals surface area contributed by atoms with E-state index < -0.39 is 0 Å². The number of anilines is 1. The lowest BCUT2D eigenvalue weighted by molar-refractivity contribution is 0.325. The van der Waals surface area contributed by atoms with Crippen LogP contribution in [0.2, 0.25) is 5.15 Å². The van der Waals surface area contributed by atoms with Crippen molar-refractivity contribution < 1.29 is 0 Å². The van der Waals surface area contributed by atoms with Gasteiger partial charge in [-0.2, -0.15) is 0 Å². The Morgan fingerprint density at radius 3 is 2.71 bits per heavy atom. The first-order valence-electron chi connectivity index (χ1n) is 6.22. The quantitative estimate of drug-likeness (QED) is 0.718. The summed E-state index contributed by atoms with van der Waals surface area (Å²) in [5.74, 6) is 1.72. The molecule has 0 aromatic carbocycles. The molecule has 0 N–H and O–H groups in total. The average molecular weight is 254 g/mol. The molecule has 0 unspecified atom stereocenters. The summed E-state index contributed by atoms with van der Waals surface area (Å²) in [6, 6.07) is 1.87. The highest BCUT2D eigenvalue weighted by Gasteiger charge is 2.23. The molecule has 0 aliphatic carbocycles. The number of halogens is 1. The molecule has 2 heterocycles. The Labute approximate surface area is 108 Å². The lowest BCUT2D eigenvalue weighted by Crippen LogP contribution is -2.26. The Hall–Kier alpha value is -0.830. The second kappa shape index (κ2) is 4.81. The monoisotopic (exact) mass is 253 g/mol. The van der Waals surface area contributed by atoms with Crippen LogP contribution in [0.1, 0.15) is 38.9 Å². The van der Waals surface area contributed by atoms with E-state index in [1.807, 2.05) is 13.0 Å².